The lowest BCUT2D eigenvalue weighted by Gasteiger charge is -2.37. The van der Waals surface area contributed by atoms with E-state index < -0.39 is 16.8 Å². The van der Waals surface area contributed by atoms with Gasteiger partial charge in [0.25, 0.3) is 0 Å². The largest absolute Gasteiger partial charge is 0.478 e. The molecule has 1 aliphatic rings. The lowest BCUT2D eigenvalue weighted by atomic mass is 9.79. The summed E-state index contributed by atoms with van der Waals surface area (Å²) in [4.78, 5) is 26.9. The van der Waals surface area contributed by atoms with Gasteiger partial charge >= 0.3 is 5.97 Å². The highest BCUT2D eigenvalue weighted by Crippen LogP contribution is 2.46. The number of thioether (sulfide) groups is 1. The normalized spacial score (nSPS) is 16.4. The van der Waals surface area contributed by atoms with E-state index in [1.807, 2.05) is 49.6 Å². The summed E-state index contributed by atoms with van der Waals surface area (Å²) < 4.78 is 19.8. The maximum absolute atomic E-state index is 14.1. The van der Waals surface area contributed by atoms with Crippen molar-refractivity contribution in [3.8, 4) is 5.75 Å². The first kappa shape index (κ1) is 31.7. The first-order valence-electron chi connectivity index (χ1n) is 14.1. The molecule has 1 unspecified atom stereocenters. The molecule has 3 rings (SSSR count). The number of aliphatic carboxylic acids is 1. The highest BCUT2D eigenvalue weighted by molar-refractivity contribution is 7.98. The number of carbonyl (C=O) groups is 2. The first-order chi connectivity index (χ1) is 19.3. The molecule has 0 spiro atoms. The molecular formula is C31H42N2O5S2. The van der Waals surface area contributed by atoms with Crippen molar-refractivity contribution >= 4 is 51.5 Å². The molecule has 0 fully saturated rings. The summed E-state index contributed by atoms with van der Waals surface area (Å²) in [6.07, 6.45) is 11.6. The summed E-state index contributed by atoms with van der Waals surface area (Å²) in [7, 11) is -1.28. The summed E-state index contributed by atoms with van der Waals surface area (Å²) in [5.41, 5.74) is 2.46. The van der Waals surface area contributed by atoms with E-state index in [0.717, 1.165) is 85.8 Å². The van der Waals surface area contributed by atoms with Crippen LogP contribution < -0.4 is 15.0 Å². The third-order valence-corrected chi connectivity index (χ3v) is 9.63. The summed E-state index contributed by atoms with van der Waals surface area (Å²) in [5.74, 6) is -0.0511. The predicted molar refractivity (Wildman–Crippen MR) is 165 cm³/mol. The van der Waals surface area contributed by atoms with Crippen LogP contribution in [-0.4, -0.2) is 39.7 Å². The number of anilines is 3. The van der Waals surface area contributed by atoms with E-state index in [4.69, 9.17) is 9.84 Å². The molecule has 0 bridgehead atoms. The molecule has 1 heterocycles. The molecule has 0 aliphatic carbocycles. The van der Waals surface area contributed by atoms with E-state index in [1.165, 1.54) is 11.8 Å². The van der Waals surface area contributed by atoms with Crippen LogP contribution in [0.5, 0.6) is 5.75 Å². The van der Waals surface area contributed by atoms with Gasteiger partial charge in [-0.25, -0.2) is 4.79 Å². The zero-order valence-electron chi connectivity index (χ0n) is 24.0. The molecule has 2 aromatic rings. The second kappa shape index (κ2) is 15.3. The molecule has 40 heavy (non-hydrogen) atoms. The van der Waals surface area contributed by atoms with Crippen molar-refractivity contribution < 1.29 is 23.6 Å². The third-order valence-electron chi connectivity index (χ3n) is 7.18. The van der Waals surface area contributed by atoms with Crippen LogP contribution in [0.3, 0.4) is 0 Å². The third kappa shape index (κ3) is 8.36. The standard InChI is InChI=1S/C31H42N2O5S2/c1-5-8-16-31(17-9-6-2)21-33(24-13-11-23(12-14-24)32-29(34)10-7-3)25-19-27(39-4)26(38-18-15-30(35)36)20-28(25)40(37)22-31/h11-15,18-20H,5-10,16-17,21-22H2,1-4H3,(H,32,34)(H,35,36)/b18-15+. The Morgan fingerprint density at radius 3 is 2.35 bits per heavy atom. The Hall–Kier alpha value is -2.78. The smallest absolute Gasteiger partial charge is 0.331 e. The Labute approximate surface area is 245 Å². The zero-order valence-corrected chi connectivity index (χ0v) is 25.7. The highest BCUT2D eigenvalue weighted by atomic mass is 32.2. The molecule has 7 nitrogen and oxygen atoms in total. The van der Waals surface area contributed by atoms with Crippen LogP contribution in [0.2, 0.25) is 0 Å². The molecule has 0 radical (unpaired) electrons. The van der Waals surface area contributed by atoms with Crippen molar-refractivity contribution in [1.29, 1.82) is 0 Å². The number of fused-ring (bicyclic) bond motifs is 1. The predicted octanol–water partition coefficient (Wildman–Crippen LogP) is 7.75. The number of rotatable bonds is 14. The number of carboxylic acid groups (broad SMARTS) is 1. The van der Waals surface area contributed by atoms with Gasteiger partial charge in [-0.1, -0.05) is 46.5 Å². The summed E-state index contributed by atoms with van der Waals surface area (Å²) >= 11 is 1.49. The van der Waals surface area contributed by atoms with Gasteiger partial charge in [0.2, 0.25) is 5.91 Å². The van der Waals surface area contributed by atoms with E-state index >= 15 is 0 Å². The number of nitrogens with one attached hydrogen (secondary N) is 1. The van der Waals surface area contributed by atoms with Crippen molar-refractivity contribution in [2.24, 2.45) is 5.41 Å². The molecule has 9 heteroatoms. The van der Waals surface area contributed by atoms with Gasteiger partial charge in [-0.3, -0.25) is 9.00 Å². The topological polar surface area (TPSA) is 95.9 Å². The molecule has 1 amide bonds. The van der Waals surface area contributed by atoms with Gasteiger partial charge in [0.15, 0.2) is 0 Å². The van der Waals surface area contributed by atoms with Crippen molar-refractivity contribution in [2.75, 3.05) is 28.8 Å². The van der Waals surface area contributed by atoms with E-state index in [9.17, 15) is 13.8 Å². The number of ether oxygens (including phenoxy) is 1. The fraction of sp³-hybridized carbons (Fsp3) is 0.484. The van der Waals surface area contributed by atoms with Gasteiger partial charge in [0.05, 0.1) is 38.6 Å². The number of carbonyl (C=O) groups excluding carboxylic acids is 1. The molecule has 1 atom stereocenters. The maximum Gasteiger partial charge on any atom is 0.331 e. The molecule has 1 aliphatic heterocycles. The fourth-order valence-electron chi connectivity index (χ4n) is 5.10. The monoisotopic (exact) mass is 586 g/mol. The Balaban J connectivity index is 2.12. The van der Waals surface area contributed by atoms with Crippen LogP contribution in [0.15, 0.2) is 58.5 Å². The minimum Gasteiger partial charge on any atom is -0.478 e. The average Bonchev–Trinajstić information content (AvgIpc) is 3.05. The lowest BCUT2D eigenvalue weighted by molar-refractivity contribution is -0.131. The quantitative estimate of drug-likeness (QED) is 0.133. The number of amides is 1. The van der Waals surface area contributed by atoms with Gasteiger partial charge in [0.1, 0.15) is 5.75 Å². The number of unbranched alkanes of at least 4 members (excludes halogenated alkanes) is 2. The van der Waals surface area contributed by atoms with Crippen LogP contribution >= 0.6 is 11.8 Å². The van der Waals surface area contributed by atoms with Gasteiger partial charge in [-0.15, -0.1) is 11.8 Å². The summed E-state index contributed by atoms with van der Waals surface area (Å²) in [5, 5.41) is 12.0. The van der Waals surface area contributed by atoms with E-state index in [2.05, 4.69) is 24.1 Å². The Morgan fingerprint density at radius 1 is 1.10 bits per heavy atom. The van der Waals surface area contributed by atoms with E-state index in [-0.39, 0.29) is 11.3 Å². The Bertz CT molecular complexity index is 1200. The van der Waals surface area contributed by atoms with Crippen LogP contribution in [0.4, 0.5) is 17.1 Å². The SMILES string of the molecule is CCCCC1(CCCC)CN(c2ccc(NC(=O)CCC)cc2)c2cc(SC)c(O/C=C/C(=O)O)cc2S(=O)C1. The minimum absolute atomic E-state index is 0.00185. The Morgan fingerprint density at radius 2 is 1.77 bits per heavy atom. The van der Waals surface area contributed by atoms with Crippen LogP contribution in [-0.2, 0) is 20.4 Å². The van der Waals surface area contributed by atoms with Crippen molar-refractivity contribution in [3.05, 3.63) is 48.7 Å². The van der Waals surface area contributed by atoms with Gasteiger partial charge < -0.3 is 20.1 Å². The molecular weight excluding hydrogens is 544 g/mol. The molecule has 0 saturated heterocycles. The summed E-state index contributed by atoms with van der Waals surface area (Å²) in [6.45, 7) is 7.10. The lowest BCUT2D eigenvalue weighted by Crippen LogP contribution is -2.37. The maximum atomic E-state index is 14.1. The first-order valence-corrected chi connectivity index (χ1v) is 16.6. The van der Waals surface area contributed by atoms with Gasteiger partial charge in [-0.2, -0.15) is 0 Å². The van der Waals surface area contributed by atoms with Crippen LogP contribution in [0, 0.1) is 5.41 Å². The Kier molecular flexibility index (Phi) is 12.1. The fourth-order valence-corrected chi connectivity index (χ4v) is 7.37. The van der Waals surface area contributed by atoms with Gasteiger partial charge in [0, 0.05) is 41.6 Å². The highest BCUT2D eigenvalue weighted by Gasteiger charge is 2.39. The van der Waals surface area contributed by atoms with E-state index in [0.29, 0.717) is 22.8 Å². The second-order valence-electron chi connectivity index (χ2n) is 10.4. The number of hydrogen-bond acceptors (Lipinski definition) is 6. The molecule has 218 valence electrons. The summed E-state index contributed by atoms with van der Waals surface area (Å²) in [6, 6.07) is 11.7. The van der Waals surface area contributed by atoms with Crippen molar-refractivity contribution in [3.63, 3.8) is 0 Å². The number of carboxylic acids is 1. The van der Waals surface area contributed by atoms with E-state index in [1.54, 1.807) is 0 Å². The van der Waals surface area contributed by atoms with Crippen molar-refractivity contribution in [2.45, 2.75) is 81.9 Å². The van der Waals surface area contributed by atoms with Crippen molar-refractivity contribution in [1.82, 2.24) is 0 Å². The zero-order chi connectivity index (χ0) is 29.1. The molecule has 2 N–H and O–H groups in total. The number of hydrogen-bond donors (Lipinski definition) is 2. The van der Waals surface area contributed by atoms with Crippen LogP contribution in [0.1, 0.15) is 72.1 Å². The van der Waals surface area contributed by atoms with Gasteiger partial charge in [-0.05, 0) is 55.9 Å². The van der Waals surface area contributed by atoms with Crippen LogP contribution in [0.25, 0.3) is 0 Å². The molecule has 0 aromatic heterocycles. The average molecular weight is 587 g/mol. The minimum atomic E-state index is -1.28. The molecule has 2 aromatic carbocycles. The number of nitrogens with zero attached hydrogens (tertiary/aromatic N) is 1. The number of benzene rings is 2. The second-order valence-corrected chi connectivity index (χ2v) is 12.6. The molecule has 0 saturated carbocycles.